The van der Waals surface area contributed by atoms with Crippen LogP contribution in [0.15, 0.2) is 54.1 Å². The average molecular weight is 455 g/mol. The van der Waals surface area contributed by atoms with E-state index >= 15 is 0 Å². The number of anilines is 1. The van der Waals surface area contributed by atoms with Gasteiger partial charge in [-0.2, -0.15) is 0 Å². The van der Waals surface area contributed by atoms with Gasteiger partial charge < -0.3 is 9.84 Å². The fourth-order valence-corrected chi connectivity index (χ4v) is 4.52. The number of hydrogen-bond acceptors (Lipinski definition) is 6. The molecule has 1 aliphatic rings. The highest BCUT2D eigenvalue weighted by Gasteiger charge is 2.48. The van der Waals surface area contributed by atoms with E-state index in [2.05, 4.69) is 4.98 Å². The number of aliphatic hydroxyl groups excluding tert-OH is 1. The molecule has 0 bridgehead atoms. The molecule has 1 amide bonds. The van der Waals surface area contributed by atoms with Crippen LogP contribution in [0, 0.1) is 13.8 Å². The number of aliphatic hydroxyl groups is 1. The molecule has 3 aromatic rings. The quantitative estimate of drug-likeness (QED) is 0.339. The molecule has 158 valence electrons. The van der Waals surface area contributed by atoms with Crippen LogP contribution < -0.4 is 9.64 Å². The zero-order valence-electron chi connectivity index (χ0n) is 17.0. The summed E-state index contributed by atoms with van der Waals surface area (Å²) in [7, 11) is 1.54. The van der Waals surface area contributed by atoms with Crippen molar-refractivity contribution in [2.75, 3.05) is 12.0 Å². The maximum atomic E-state index is 13.1. The van der Waals surface area contributed by atoms with E-state index in [1.807, 2.05) is 13.8 Å². The molecule has 1 saturated heterocycles. The molecule has 31 heavy (non-hydrogen) atoms. The summed E-state index contributed by atoms with van der Waals surface area (Å²) in [6.07, 6.45) is 0. The fourth-order valence-electron chi connectivity index (χ4n) is 3.45. The van der Waals surface area contributed by atoms with Crippen molar-refractivity contribution in [1.29, 1.82) is 0 Å². The Kier molecular flexibility index (Phi) is 5.56. The molecular weight excluding hydrogens is 436 g/mol. The number of Topliss-reactive ketones (excluding diaryl/α,β-unsaturated/α-hetero) is 1. The third kappa shape index (κ3) is 3.71. The molecule has 1 N–H and O–H groups in total. The van der Waals surface area contributed by atoms with E-state index in [9.17, 15) is 14.7 Å². The van der Waals surface area contributed by atoms with Crippen molar-refractivity contribution in [3.05, 3.63) is 80.8 Å². The number of aryl methyl sites for hydroxylation is 2. The molecule has 1 fully saturated rings. The lowest BCUT2D eigenvalue weighted by Crippen LogP contribution is -2.29. The van der Waals surface area contributed by atoms with Gasteiger partial charge in [0.25, 0.3) is 5.78 Å². The standard InChI is InChI=1S/C23H19ClN2O4S/c1-12-13(2)31-23(25-12)26-19(14-4-8-16(24)9-5-14)18(21(28)22(26)29)20(27)15-6-10-17(30-3)11-7-15/h4-11,19,27H,1-3H3/b20-18+. The molecule has 0 spiro atoms. The Bertz CT molecular complexity index is 1180. The van der Waals surface area contributed by atoms with Gasteiger partial charge in [-0.25, -0.2) is 4.98 Å². The molecule has 0 aliphatic carbocycles. The number of thiazole rings is 1. The number of hydrogen-bond donors (Lipinski definition) is 1. The van der Waals surface area contributed by atoms with Crippen LogP contribution in [0.1, 0.15) is 27.7 Å². The maximum Gasteiger partial charge on any atom is 0.301 e. The zero-order chi connectivity index (χ0) is 22.3. The van der Waals surface area contributed by atoms with Gasteiger partial charge >= 0.3 is 5.91 Å². The molecule has 1 unspecified atom stereocenters. The summed E-state index contributed by atoms with van der Waals surface area (Å²) in [5.41, 5.74) is 1.84. The highest BCUT2D eigenvalue weighted by atomic mass is 35.5. The zero-order valence-corrected chi connectivity index (χ0v) is 18.6. The molecule has 1 aliphatic heterocycles. The number of benzene rings is 2. The second-order valence-corrected chi connectivity index (χ2v) is 8.71. The van der Waals surface area contributed by atoms with Crippen LogP contribution in [-0.4, -0.2) is 28.9 Å². The van der Waals surface area contributed by atoms with Gasteiger partial charge in [-0.15, -0.1) is 11.3 Å². The molecule has 8 heteroatoms. The first-order chi connectivity index (χ1) is 14.8. The second-order valence-electron chi connectivity index (χ2n) is 7.09. The lowest BCUT2D eigenvalue weighted by atomic mass is 9.95. The summed E-state index contributed by atoms with van der Waals surface area (Å²) in [5.74, 6) is -1.14. The predicted octanol–water partition coefficient (Wildman–Crippen LogP) is 5.05. The monoisotopic (exact) mass is 454 g/mol. The van der Waals surface area contributed by atoms with Crippen LogP contribution in [0.4, 0.5) is 5.13 Å². The number of rotatable bonds is 4. The molecule has 1 aromatic heterocycles. The van der Waals surface area contributed by atoms with Crippen molar-refractivity contribution in [2.45, 2.75) is 19.9 Å². The Morgan fingerprint density at radius 1 is 1.10 bits per heavy atom. The van der Waals surface area contributed by atoms with Crippen LogP contribution in [0.5, 0.6) is 5.75 Å². The number of methoxy groups -OCH3 is 1. The molecule has 1 atom stereocenters. The maximum absolute atomic E-state index is 13.1. The van der Waals surface area contributed by atoms with Gasteiger partial charge in [0.15, 0.2) is 5.13 Å². The van der Waals surface area contributed by atoms with Gasteiger partial charge in [-0.3, -0.25) is 14.5 Å². The minimum Gasteiger partial charge on any atom is -0.507 e. The number of carbonyl (C=O) groups excluding carboxylic acids is 2. The smallest absolute Gasteiger partial charge is 0.301 e. The number of halogens is 1. The van der Waals surface area contributed by atoms with Crippen LogP contribution in [0.2, 0.25) is 5.02 Å². The fraction of sp³-hybridized carbons (Fsp3) is 0.174. The van der Waals surface area contributed by atoms with E-state index in [1.165, 1.54) is 16.2 Å². The van der Waals surface area contributed by atoms with E-state index in [1.54, 1.807) is 55.6 Å². The predicted molar refractivity (Wildman–Crippen MR) is 121 cm³/mol. The van der Waals surface area contributed by atoms with E-state index in [0.29, 0.717) is 27.0 Å². The van der Waals surface area contributed by atoms with Crippen molar-refractivity contribution in [1.82, 2.24) is 4.98 Å². The Labute approximate surface area is 188 Å². The first kappa shape index (κ1) is 21.1. The van der Waals surface area contributed by atoms with E-state index < -0.39 is 17.7 Å². The summed E-state index contributed by atoms with van der Waals surface area (Å²) in [6, 6.07) is 12.6. The third-order valence-corrected chi connectivity index (χ3v) is 6.54. The molecule has 6 nitrogen and oxygen atoms in total. The molecule has 4 rings (SSSR count). The van der Waals surface area contributed by atoms with E-state index in [4.69, 9.17) is 16.3 Å². The third-order valence-electron chi connectivity index (χ3n) is 5.22. The first-order valence-electron chi connectivity index (χ1n) is 9.46. The lowest BCUT2D eigenvalue weighted by molar-refractivity contribution is -0.132. The first-order valence-corrected chi connectivity index (χ1v) is 10.7. The topological polar surface area (TPSA) is 79.7 Å². The summed E-state index contributed by atoms with van der Waals surface area (Å²) in [5, 5.41) is 12.0. The Hall–Kier alpha value is -3.16. The van der Waals surface area contributed by atoms with E-state index in [0.717, 1.165) is 10.6 Å². The minimum absolute atomic E-state index is 0.00277. The highest BCUT2D eigenvalue weighted by molar-refractivity contribution is 7.16. The SMILES string of the molecule is COc1ccc(/C(O)=C2\C(=O)C(=O)N(c3nc(C)c(C)s3)C2c2ccc(Cl)cc2)cc1. The molecule has 2 heterocycles. The Morgan fingerprint density at radius 3 is 2.29 bits per heavy atom. The Morgan fingerprint density at radius 2 is 1.74 bits per heavy atom. The highest BCUT2D eigenvalue weighted by Crippen LogP contribution is 2.43. The second kappa shape index (κ2) is 8.17. The number of carbonyl (C=O) groups is 2. The molecule has 2 aromatic carbocycles. The van der Waals surface area contributed by atoms with Gasteiger partial charge in [0.05, 0.1) is 24.4 Å². The van der Waals surface area contributed by atoms with Gasteiger partial charge in [0.2, 0.25) is 0 Å². The number of ether oxygens (including phenoxy) is 1. The molecular formula is C23H19ClN2O4S. The van der Waals surface area contributed by atoms with Crippen molar-refractivity contribution in [3.8, 4) is 5.75 Å². The molecule has 0 saturated carbocycles. The van der Waals surface area contributed by atoms with Crippen molar-refractivity contribution in [2.24, 2.45) is 0 Å². The summed E-state index contributed by atoms with van der Waals surface area (Å²) in [6.45, 7) is 3.75. The number of nitrogens with zero attached hydrogens (tertiary/aromatic N) is 2. The largest absolute Gasteiger partial charge is 0.507 e. The Balaban J connectivity index is 1.92. The van der Waals surface area contributed by atoms with Crippen LogP contribution in [0.25, 0.3) is 5.76 Å². The van der Waals surface area contributed by atoms with Gasteiger partial charge in [0, 0.05) is 15.5 Å². The van der Waals surface area contributed by atoms with Crippen LogP contribution >= 0.6 is 22.9 Å². The van der Waals surface area contributed by atoms with Gasteiger partial charge in [-0.05, 0) is 55.8 Å². The summed E-state index contributed by atoms with van der Waals surface area (Å²) < 4.78 is 5.16. The number of amides is 1. The number of aromatic nitrogens is 1. The van der Waals surface area contributed by atoms with Crippen molar-refractivity contribution >= 4 is 45.5 Å². The lowest BCUT2D eigenvalue weighted by Gasteiger charge is -2.23. The number of ketones is 1. The average Bonchev–Trinajstić information content (AvgIpc) is 3.23. The van der Waals surface area contributed by atoms with Crippen molar-refractivity contribution < 1.29 is 19.4 Å². The van der Waals surface area contributed by atoms with E-state index in [-0.39, 0.29) is 11.3 Å². The van der Waals surface area contributed by atoms with Crippen LogP contribution in [0.3, 0.4) is 0 Å². The van der Waals surface area contributed by atoms with Crippen molar-refractivity contribution in [3.63, 3.8) is 0 Å². The van der Waals surface area contributed by atoms with Crippen LogP contribution in [-0.2, 0) is 9.59 Å². The normalized spacial score (nSPS) is 17.9. The summed E-state index contributed by atoms with van der Waals surface area (Å²) >= 11 is 7.37. The molecule has 0 radical (unpaired) electrons. The summed E-state index contributed by atoms with van der Waals surface area (Å²) in [4.78, 5) is 32.9. The van der Waals surface area contributed by atoms with Gasteiger partial charge in [0.1, 0.15) is 11.5 Å². The van der Waals surface area contributed by atoms with Gasteiger partial charge in [-0.1, -0.05) is 23.7 Å². The minimum atomic E-state index is -0.829.